The number of rotatable bonds is 2. The Morgan fingerprint density at radius 1 is 1.12 bits per heavy atom. The summed E-state index contributed by atoms with van der Waals surface area (Å²) in [5.74, 6) is 1.65. The van der Waals surface area contributed by atoms with Crippen LogP contribution in [0.4, 0.5) is 0 Å². The molecule has 1 atom stereocenters. The largest absolute Gasteiger partial charge is 0.461 e. The second-order valence-corrected chi connectivity index (χ2v) is 3.81. The molecule has 3 rings (SSSR count). The van der Waals surface area contributed by atoms with Crippen molar-refractivity contribution < 1.29 is 13.9 Å². The van der Waals surface area contributed by atoms with E-state index in [0.717, 1.165) is 11.8 Å². The molecule has 0 fully saturated rings. The average molecular weight is 226 g/mol. The number of aldehydes is 1. The SMILES string of the molecule is O=CC1C=C(c2ccco2)Oc2ccccc21. The molecule has 1 aliphatic heterocycles. The molecular formula is C14H10O3. The molecule has 1 aromatic carbocycles. The first kappa shape index (κ1) is 9.90. The second-order valence-electron chi connectivity index (χ2n) is 3.81. The van der Waals surface area contributed by atoms with Gasteiger partial charge in [0.15, 0.2) is 11.5 Å². The van der Waals surface area contributed by atoms with Crippen LogP contribution in [0, 0.1) is 0 Å². The van der Waals surface area contributed by atoms with E-state index in [0.29, 0.717) is 17.3 Å². The molecule has 0 spiro atoms. The molecule has 1 unspecified atom stereocenters. The van der Waals surface area contributed by atoms with Crippen LogP contribution in [0.15, 0.2) is 53.2 Å². The Labute approximate surface area is 98.3 Å². The molecule has 84 valence electrons. The number of hydrogen-bond donors (Lipinski definition) is 0. The predicted octanol–water partition coefficient (Wildman–Crippen LogP) is 3.00. The predicted molar refractivity (Wildman–Crippen MR) is 62.6 cm³/mol. The number of hydrogen-bond acceptors (Lipinski definition) is 3. The van der Waals surface area contributed by atoms with Crippen LogP contribution in [0.1, 0.15) is 17.2 Å². The lowest BCUT2D eigenvalue weighted by Gasteiger charge is -2.20. The van der Waals surface area contributed by atoms with Crippen LogP contribution < -0.4 is 4.74 Å². The molecule has 3 heteroatoms. The minimum Gasteiger partial charge on any atom is -0.461 e. The molecular weight excluding hydrogens is 216 g/mol. The van der Waals surface area contributed by atoms with Crippen molar-refractivity contribution in [2.45, 2.75) is 5.92 Å². The minimum absolute atomic E-state index is 0.278. The van der Waals surface area contributed by atoms with Gasteiger partial charge in [-0.2, -0.15) is 0 Å². The van der Waals surface area contributed by atoms with Crippen LogP contribution in [0.3, 0.4) is 0 Å². The zero-order valence-electron chi connectivity index (χ0n) is 9.00. The van der Waals surface area contributed by atoms with E-state index < -0.39 is 0 Å². The first-order valence-electron chi connectivity index (χ1n) is 5.36. The molecule has 1 aromatic heterocycles. The summed E-state index contributed by atoms with van der Waals surface area (Å²) in [6.45, 7) is 0. The molecule has 2 heterocycles. The van der Waals surface area contributed by atoms with Crippen molar-refractivity contribution in [2.75, 3.05) is 0 Å². The standard InChI is InChI=1S/C14H10O3/c15-9-10-8-14(13-6-3-7-16-13)17-12-5-2-1-4-11(10)12/h1-10H. The van der Waals surface area contributed by atoms with Crippen LogP contribution in [-0.4, -0.2) is 6.29 Å². The number of carbonyl (C=O) groups excluding carboxylic acids is 1. The van der Waals surface area contributed by atoms with Crippen LogP contribution >= 0.6 is 0 Å². The van der Waals surface area contributed by atoms with Gasteiger partial charge >= 0.3 is 0 Å². The smallest absolute Gasteiger partial charge is 0.168 e. The van der Waals surface area contributed by atoms with E-state index >= 15 is 0 Å². The maximum Gasteiger partial charge on any atom is 0.168 e. The Morgan fingerprint density at radius 3 is 2.76 bits per heavy atom. The molecule has 0 saturated heterocycles. The van der Waals surface area contributed by atoms with E-state index in [-0.39, 0.29) is 5.92 Å². The fraction of sp³-hybridized carbons (Fsp3) is 0.0714. The summed E-state index contributed by atoms with van der Waals surface area (Å²) in [6, 6.07) is 11.1. The molecule has 0 aliphatic carbocycles. The van der Waals surface area contributed by atoms with Crippen molar-refractivity contribution in [3.8, 4) is 5.75 Å². The van der Waals surface area contributed by atoms with Crippen LogP contribution in [0.25, 0.3) is 5.76 Å². The summed E-state index contributed by atoms with van der Waals surface area (Å²) in [4.78, 5) is 11.1. The maximum atomic E-state index is 11.1. The van der Waals surface area contributed by atoms with E-state index in [9.17, 15) is 4.79 Å². The Bertz CT molecular complexity index is 567. The quantitative estimate of drug-likeness (QED) is 0.739. The van der Waals surface area contributed by atoms with E-state index in [1.165, 1.54) is 0 Å². The van der Waals surface area contributed by atoms with E-state index in [1.54, 1.807) is 18.4 Å². The Balaban J connectivity index is 2.07. The number of fused-ring (bicyclic) bond motifs is 1. The number of carbonyl (C=O) groups is 1. The molecule has 0 amide bonds. The summed E-state index contributed by atoms with van der Waals surface area (Å²) < 4.78 is 11.0. The van der Waals surface area contributed by atoms with Gasteiger partial charge in [0.05, 0.1) is 12.2 Å². The molecule has 0 radical (unpaired) electrons. The molecule has 3 nitrogen and oxygen atoms in total. The third kappa shape index (κ3) is 1.65. The van der Waals surface area contributed by atoms with Crippen molar-refractivity contribution in [1.29, 1.82) is 0 Å². The summed E-state index contributed by atoms with van der Waals surface area (Å²) >= 11 is 0. The molecule has 17 heavy (non-hydrogen) atoms. The van der Waals surface area contributed by atoms with Gasteiger partial charge < -0.3 is 13.9 Å². The van der Waals surface area contributed by atoms with E-state index in [1.807, 2.05) is 30.3 Å². The minimum atomic E-state index is -0.278. The average Bonchev–Trinajstić information content (AvgIpc) is 2.91. The Morgan fingerprint density at radius 2 is 2.00 bits per heavy atom. The highest BCUT2D eigenvalue weighted by Crippen LogP contribution is 2.36. The van der Waals surface area contributed by atoms with Gasteiger partial charge in [-0.05, 0) is 24.3 Å². The first-order chi connectivity index (χ1) is 8.38. The summed E-state index contributed by atoms with van der Waals surface area (Å²) in [6.07, 6.45) is 4.26. The van der Waals surface area contributed by atoms with Gasteiger partial charge in [-0.1, -0.05) is 18.2 Å². The second kappa shape index (κ2) is 3.94. The van der Waals surface area contributed by atoms with Crippen molar-refractivity contribution in [3.05, 3.63) is 60.1 Å². The van der Waals surface area contributed by atoms with Gasteiger partial charge in [0.25, 0.3) is 0 Å². The first-order valence-corrected chi connectivity index (χ1v) is 5.36. The van der Waals surface area contributed by atoms with Gasteiger partial charge in [-0.25, -0.2) is 0 Å². The van der Waals surface area contributed by atoms with Crippen LogP contribution in [0.5, 0.6) is 5.75 Å². The number of benzene rings is 1. The van der Waals surface area contributed by atoms with Gasteiger partial charge in [-0.3, -0.25) is 0 Å². The monoisotopic (exact) mass is 226 g/mol. The number of furan rings is 1. The lowest BCUT2D eigenvalue weighted by molar-refractivity contribution is -0.108. The lowest BCUT2D eigenvalue weighted by atomic mass is 9.96. The third-order valence-electron chi connectivity index (χ3n) is 2.74. The highest BCUT2D eigenvalue weighted by Gasteiger charge is 2.22. The molecule has 0 saturated carbocycles. The molecule has 1 aliphatic rings. The fourth-order valence-electron chi connectivity index (χ4n) is 1.92. The van der Waals surface area contributed by atoms with Crippen LogP contribution in [-0.2, 0) is 4.79 Å². The third-order valence-corrected chi connectivity index (χ3v) is 2.74. The van der Waals surface area contributed by atoms with Crippen molar-refractivity contribution in [1.82, 2.24) is 0 Å². The zero-order valence-corrected chi connectivity index (χ0v) is 9.00. The normalized spacial score (nSPS) is 17.9. The molecule has 0 N–H and O–H groups in total. The molecule has 0 bridgehead atoms. The van der Waals surface area contributed by atoms with E-state index in [2.05, 4.69) is 0 Å². The van der Waals surface area contributed by atoms with Crippen molar-refractivity contribution in [2.24, 2.45) is 0 Å². The van der Waals surface area contributed by atoms with Crippen molar-refractivity contribution >= 4 is 12.0 Å². The van der Waals surface area contributed by atoms with Crippen molar-refractivity contribution in [3.63, 3.8) is 0 Å². The highest BCUT2D eigenvalue weighted by atomic mass is 16.5. The van der Waals surface area contributed by atoms with Gasteiger partial charge in [0, 0.05) is 5.56 Å². The summed E-state index contributed by atoms with van der Waals surface area (Å²) in [5.41, 5.74) is 0.887. The van der Waals surface area contributed by atoms with Crippen LogP contribution in [0.2, 0.25) is 0 Å². The molecule has 2 aromatic rings. The summed E-state index contributed by atoms with van der Waals surface area (Å²) in [7, 11) is 0. The van der Waals surface area contributed by atoms with Gasteiger partial charge in [-0.15, -0.1) is 0 Å². The number of ether oxygens (including phenoxy) is 1. The van der Waals surface area contributed by atoms with E-state index in [4.69, 9.17) is 9.15 Å². The zero-order chi connectivity index (χ0) is 11.7. The number of para-hydroxylation sites is 1. The maximum absolute atomic E-state index is 11.1. The lowest BCUT2D eigenvalue weighted by Crippen LogP contribution is -2.09. The summed E-state index contributed by atoms with van der Waals surface area (Å²) in [5, 5.41) is 0. The highest BCUT2D eigenvalue weighted by molar-refractivity contribution is 5.75. The number of allylic oxidation sites excluding steroid dienone is 1. The topological polar surface area (TPSA) is 39.4 Å². The van der Waals surface area contributed by atoms with Gasteiger partial charge in [0.2, 0.25) is 0 Å². The Kier molecular flexibility index (Phi) is 2.29. The fourth-order valence-corrected chi connectivity index (χ4v) is 1.92. The Hall–Kier alpha value is -2.29. The van der Waals surface area contributed by atoms with Gasteiger partial charge in [0.1, 0.15) is 12.0 Å².